The van der Waals surface area contributed by atoms with E-state index in [1.807, 2.05) is 0 Å². The number of Topliss-reactive ketones (excluding diaryl/α,β-unsaturated/α-hetero) is 1. The van der Waals surface area contributed by atoms with Crippen molar-refractivity contribution in [2.45, 2.75) is 18.0 Å². The lowest BCUT2D eigenvalue weighted by Crippen LogP contribution is -2.33. The molecule has 0 saturated carbocycles. The van der Waals surface area contributed by atoms with Gasteiger partial charge in [-0.05, 0) is 12.1 Å². The molecule has 0 heterocycles. The van der Waals surface area contributed by atoms with Gasteiger partial charge in [0.05, 0.1) is 0 Å². The fraction of sp³-hybridized carbons (Fsp3) is 0.273. The first-order chi connectivity index (χ1) is 8.29. The minimum absolute atomic E-state index is 0.355. The smallest absolute Gasteiger partial charge is 0.324 e. The summed E-state index contributed by atoms with van der Waals surface area (Å²) in [5.74, 6) is -2.35. The highest BCUT2D eigenvalue weighted by atomic mass is 35.5. The molecule has 1 rings (SSSR count). The highest BCUT2D eigenvalue weighted by Crippen LogP contribution is 2.22. The molecule has 1 aromatic rings. The molecule has 0 aliphatic rings. The summed E-state index contributed by atoms with van der Waals surface area (Å²) in [7, 11) is 0. The summed E-state index contributed by atoms with van der Waals surface area (Å²) < 4.78 is 35.8. The van der Waals surface area contributed by atoms with E-state index in [1.165, 1.54) is 12.1 Å². The zero-order chi connectivity index (χ0) is 13.8. The van der Waals surface area contributed by atoms with Crippen molar-refractivity contribution in [2.24, 2.45) is 0 Å². The Labute approximate surface area is 106 Å². The van der Waals surface area contributed by atoms with Gasteiger partial charge in [0.15, 0.2) is 11.2 Å². The minimum atomic E-state index is -4.67. The largest absolute Gasteiger partial charge is 0.395 e. The molecule has 0 bridgehead atoms. The van der Waals surface area contributed by atoms with Crippen molar-refractivity contribution in [3.63, 3.8) is 0 Å². The van der Waals surface area contributed by atoms with E-state index in [0.717, 1.165) is 0 Å². The summed E-state index contributed by atoms with van der Waals surface area (Å²) in [6.07, 6.45) is -6.39. The summed E-state index contributed by atoms with van der Waals surface area (Å²) in [6, 6.07) is 7.99. The Hall–Kier alpha value is -1.56. The number of nitrogens with one attached hydrogen (secondary N) is 1. The molecule has 1 N–H and O–H groups in total. The molecule has 1 aromatic carbocycles. The van der Waals surface area contributed by atoms with Crippen molar-refractivity contribution < 1.29 is 22.8 Å². The van der Waals surface area contributed by atoms with E-state index < -0.39 is 29.7 Å². The van der Waals surface area contributed by atoms with Gasteiger partial charge in [0.1, 0.15) is 6.42 Å². The molecule has 1 amide bonds. The molecule has 0 fully saturated rings. The van der Waals surface area contributed by atoms with Crippen LogP contribution in [0.3, 0.4) is 0 Å². The van der Waals surface area contributed by atoms with Gasteiger partial charge in [-0.3, -0.25) is 9.59 Å². The topological polar surface area (TPSA) is 46.2 Å². The summed E-state index contributed by atoms with van der Waals surface area (Å²) in [5.41, 5.74) is 0.355. The van der Waals surface area contributed by atoms with E-state index in [2.05, 4.69) is 5.32 Å². The van der Waals surface area contributed by atoms with Crippen LogP contribution in [0.4, 0.5) is 18.9 Å². The van der Waals surface area contributed by atoms with Crippen LogP contribution in [0.5, 0.6) is 0 Å². The molecule has 7 heteroatoms. The van der Waals surface area contributed by atoms with Gasteiger partial charge in [-0.1, -0.05) is 18.2 Å². The van der Waals surface area contributed by atoms with Gasteiger partial charge < -0.3 is 5.32 Å². The van der Waals surface area contributed by atoms with Gasteiger partial charge in [-0.2, -0.15) is 13.2 Å². The van der Waals surface area contributed by atoms with Gasteiger partial charge in [0.2, 0.25) is 5.91 Å². The van der Waals surface area contributed by atoms with Crippen molar-refractivity contribution in [2.75, 3.05) is 5.32 Å². The number of para-hydroxylation sites is 1. The average Bonchev–Trinajstić information content (AvgIpc) is 2.27. The first-order valence-corrected chi connectivity index (χ1v) is 5.32. The van der Waals surface area contributed by atoms with Crippen LogP contribution >= 0.6 is 11.6 Å². The van der Waals surface area contributed by atoms with Crippen molar-refractivity contribution in [1.82, 2.24) is 0 Å². The lowest BCUT2D eigenvalue weighted by molar-refractivity contribution is -0.152. The average molecular weight is 280 g/mol. The Kier molecular flexibility index (Phi) is 4.72. The van der Waals surface area contributed by atoms with E-state index in [4.69, 9.17) is 11.6 Å². The van der Waals surface area contributed by atoms with Crippen LogP contribution < -0.4 is 5.32 Å². The SMILES string of the molecule is O=C(CC(F)(F)F)C(Cl)C(=O)Nc1ccccc1. The Morgan fingerprint density at radius 1 is 1.22 bits per heavy atom. The number of carbonyl (C=O) groups excluding carboxylic acids is 2. The number of rotatable bonds is 4. The number of carbonyl (C=O) groups is 2. The van der Waals surface area contributed by atoms with Crippen LogP contribution in [0.15, 0.2) is 30.3 Å². The number of amides is 1. The first-order valence-electron chi connectivity index (χ1n) is 4.89. The van der Waals surface area contributed by atoms with Crippen LogP contribution in [-0.2, 0) is 9.59 Å². The summed E-state index contributed by atoms with van der Waals surface area (Å²) in [5, 5.41) is 0.394. The van der Waals surface area contributed by atoms with E-state index in [9.17, 15) is 22.8 Å². The highest BCUT2D eigenvalue weighted by molar-refractivity contribution is 6.43. The summed E-state index contributed by atoms with van der Waals surface area (Å²) in [4.78, 5) is 22.5. The maximum atomic E-state index is 11.9. The van der Waals surface area contributed by atoms with Gasteiger partial charge >= 0.3 is 6.18 Å². The van der Waals surface area contributed by atoms with Crippen LogP contribution in [0.2, 0.25) is 0 Å². The second-order valence-corrected chi connectivity index (χ2v) is 3.91. The molecule has 1 unspecified atom stereocenters. The number of halogens is 4. The normalized spacial score (nSPS) is 12.9. The molecule has 0 spiro atoms. The molecule has 0 saturated heterocycles. The maximum Gasteiger partial charge on any atom is 0.395 e. The Balaban J connectivity index is 2.59. The van der Waals surface area contributed by atoms with Crippen molar-refractivity contribution in [3.8, 4) is 0 Å². The van der Waals surface area contributed by atoms with Gasteiger partial charge in [0, 0.05) is 5.69 Å². The number of alkyl halides is 4. The number of benzene rings is 1. The third-order valence-corrected chi connectivity index (χ3v) is 2.37. The third-order valence-electron chi connectivity index (χ3n) is 1.93. The van der Waals surface area contributed by atoms with Crippen molar-refractivity contribution in [1.29, 1.82) is 0 Å². The molecule has 98 valence electrons. The predicted octanol–water partition coefficient (Wildman–Crippen LogP) is 2.75. The Morgan fingerprint density at radius 3 is 2.28 bits per heavy atom. The maximum absolute atomic E-state index is 11.9. The van der Waals surface area contributed by atoms with Crippen LogP contribution in [-0.4, -0.2) is 23.2 Å². The molecule has 0 aromatic heterocycles. The second kappa shape index (κ2) is 5.86. The molecule has 1 atom stereocenters. The van der Waals surface area contributed by atoms with Crippen LogP contribution in [0.25, 0.3) is 0 Å². The van der Waals surface area contributed by atoms with Crippen LogP contribution in [0.1, 0.15) is 6.42 Å². The summed E-state index contributed by atoms with van der Waals surface area (Å²) in [6.45, 7) is 0. The second-order valence-electron chi connectivity index (χ2n) is 3.48. The third kappa shape index (κ3) is 4.75. The number of hydrogen-bond donors (Lipinski definition) is 1. The molecule has 18 heavy (non-hydrogen) atoms. The molecular weight excluding hydrogens is 271 g/mol. The van der Waals surface area contributed by atoms with Gasteiger partial charge in [-0.15, -0.1) is 11.6 Å². The summed E-state index contributed by atoms with van der Waals surface area (Å²) >= 11 is 5.38. The van der Waals surface area contributed by atoms with Gasteiger partial charge in [-0.25, -0.2) is 0 Å². The standard InChI is InChI=1S/C11H9ClF3NO2/c12-9(8(17)6-11(13,14)15)10(18)16-7-4-2-1-3-5-7/h1-5,9H,6H2,(H,16,18). The van der Waals surface area contributed by atoms with E-state index in [-0.39, 0.29) is 0 Å². The molecular formula is C11H9ClF3NO2. The van der Waals surface area contributed by atoms with Crippen LogP contribution in [0, 0.1) is 0 Å². The number of ketones is 1. The fourth-order valence-corrected chi connectivity index (χ4v) is 1.29. The Bertz CT molecular complexity index is 434. The fourth-order valence-electron chi connectivity index (χ4n) is 1.16. The molecule has 3 nitrogen and oxygen atoms in total. The monoisotopic (exact) mass is 279 g/mol. The molecule has 0 radical (unpaired) electrons. The highest BCUT2D eigenvalue weighted by Gasteiger charge is 2.36. The number of anilines is 1. The van der Waals surface area contributed by atoms with Crippen molar-refractivity contribution in [3.05, 3.63) is 30.3 Å². The number of hydrogen-bond acceptors (Lipinski definition) is 2. The van der Waals surface area contributed by atoms with Crippen molar-refractivity contribution >= 4 is 29.0 Å². The van der Waals surface area contributed by atoms with E-state index in [1.54, 1.807) is 18.2 Å². The molecule has 0 aliphatic heterocycles. The quantitative estimate of drug-likeness (QED) is 0.680. The van der Waals surface area contributed by atoms with Gasteiger partial charge in [0.25, 0.3) is 0 Å². The van der Waals surface area contributed by atoms with E-state index in [0.29, 0.717) is 5.69 Å². The minimum Gasteiger partial charge on any atom is -0.324 e. The predicted molar refractivity (Wildman–Crippen MR) is 60.4 cm³/mol. The lowest BCUT2D eigenvalue weighted by Gasteiger charge is -2.11. The first kappa shape index (κ1) is 14.5. The molecule has 0 aliphatic carbocycles. The zero-order valence-electron chi connectivity index (χ0n) is 9.00. The lowest BCUT2D eigenvalue weighted by atomic mass is 10.2. The zero-order valence-corrected chi connectivity index (χ0v) is 9.76. The van der Waals surface area contributed by atoms with E-state index >= 15 is 0 Å². The Morgan fingerprint density at radius 2 is 1.78 bits per heavy atom.